The molecule has 0 radical (unpaired) electrons. The Bertz CT molecular complexity index is 856. The normalized spacial score (nSPS) is 14.9. The SMILES string of the molecule is CNS(=O)(=O)c1ccc(C(=O)Nc2ccc(N3CCCCC3)cc2)cc1. The summed E-state index contributed by atoms with van der Waals surface area (Å²) in [5.74, 6) is -0.274. The highest BCUT2D eigenvalue weighted by Crippen LogP contribution is 2.22. The molecule has 0 spiro atoms. The third-order valence-corrected chi connectivity index (χ3v) is 5.97. The molecule has 7 heteroatoms. The summed E-state index contributed by atoms with van der Waals surface area (Å²) in [4.78, 5) is 14.8. The van der Waals surface area contributed by atoms with Crippen LogP contribution < -0.4 is 14.9 Å². The Balaban J connectivity index is 1.66. The fourth-order valence-electron chi connectivity index (χ4n) is 3.01. The highest BCUT2D eigenvalue weighted by molar-refractivity contribution is 7.89. The molecule has 0 aliphatic carbocycles. The fraction of sp³-hybridized carbons (Fsp3) is 0.316. The molecule has 2 aromatic rings. The molecule has 1 aliphatic rings. The Morgan fingerprint density at radius 3 is 2.12 bits per heavy atom. The topological polar surface area (TPSA) is 78.5 Å². The van der Waals surface area contributed by atoms with E-state index in [0.29, 0.717) is 11.3 Å². The van der Waals surface area contributed by atoms with Crippen molar-refractivity contribution in [2.75, 3.05) is 30.4 Å². The van der Waals surface area contributed by atoms with E-state index in [9.17, 15) is 13.2 Å². The maximum Gasteiger partial charge on any atom is 0.255 e. The van der Waals surface area contributed by atoms with Crippen molar-refractivity contribution in [3.8, 4) is 0 Å². The van der Waals surface area contributed by atoms with E-state index in [4.69, 9.17) is 0 Å². The first-order valence-corrected chi connectivity index (χ1v) is 10.2. The van der Waals surface area contributed by atoms with Crippen LogP contribution in [0.25, 0.3) is 0 Å². The number of piperidine rings is 1. The lowest BCUT2D eigenvalue weighted by Gasteiger charge is -2.28. The maximum absolute atomic E-state index is 12.3. The van der Waals surface area contributed by atoms with Crippen molar-refractivity contribution in [2.45, 2.75) is 24.2 Å². The zero-order valence-corrected chi connectivity index (χ0v) is 15.6. The average Bonchev–Trinajstić information content (AvgIpc) is 2.69. The number of hydrogen-bond donors (Lipinski definition) is 2. The molecule has 2 aromatic carbocycles. The van der Waals surface area contributed by atoms with Crippen LogP contribution in [0.2, 0.25) is 0 Å². The molecule has 1 amide bonds. The standard InChI is InChI=1S/C19H23N3O3S/c1-20-26(24,25)18-11-5-15(6-12-18)19(23)21-16-7-9-17(10-8-16)22-13-3-2-4-14-22/h5-12,20H,2-4,13-14H2,1H3,(H,21,23). The highest BCUT2D eigenvalue weighted by Gasteiger charge is 2.14. The van der Waals surface area contributed by atoms with Crippen LogP contribution >= 0.6 is 0 Å². The van der Waals surface area contributed by atoms with Gasteiger partial charge in [0.25, 0.3) is 5.91 Å². The Hall–Kier alpha value is -2.38. The number of rotatable bonds is 5. The Morgan fingerprint density at radius 2 is 1.54 bits per heavy atom. The van der Waals surface area contributed by atoms with Crippen molar-refractivity contribution < 1.29 is 13.2 Å². The number of benzene rings is 2. The van der Waals surface area contributed by atoms with Crippen molar-refractivity contribution in [3.63, 3.8) is 0 Å². The van der Waals surface area contributed by atoms with Crippen molar-refractivity contribution in [2.24, 2.45) is 0 Å². The molecule has 3 rings (SSSR count). The van der Waals surface area contributed by atoms with E-state index in [-0.39, 0.29) is 10.8 Å². The smallest absolute Gasteiger partial charge is 0.255 e. The minimum Gasteiger partial charge on any atom is -0.372 e. The van der Waals surface area contributed by atoms with Crippen molar-refractivity contribution in [1.82, 2.24) is 4.72 Å². The predicted molar refractivity (Wildman–Crippen MR) is 103 cm³/mol. The van der Waals surface area contributed by atoms with E-state index in [1.165, 1.54) is 56.3 Å². The molecule has 6 nitrogen and oxygen atoms in total. The molecule has 2 N–H and O–H groups in total. The summed E-state index contributed by atoms with van der Waals surface area (Å²) in [5, 5.41) is 2.84. The zero-order valence-electron chi connectivity index (χ0n) is 14.7. The maximum atomic E-state index is 12.3. The molecule has 0 saturated carbocycles. The average molecular weight is 373 g/mol. The number of nitrogens with one attached hydrogen (secondary N) is 2. The van der Waals surface area contributed by atoms with Crippen molar-refractivity contribution in [3.05, 3.63) is 54.1 Å². The molecular formula is C19H23N3O3S. The lowest BCUT2D eigenvalue weighted by atomic mass is 10.1. The summed E-state index contributed by atoms with van der Waals surface area (Å²) in [6, 6.07) is 13.7. The van der Waals surface area contributed by atoms with Crippen LogP contribution in [0, 0.1) is 0 Å². The summed E-state index contributed by atoms with van der Waals surface area (Å²) in [6.45, 7) is 2.15. The van der Waals surface area contributed by atoms with Gasteiger partial charge in [0.15, 0.2) is 0 Å². The second kappa shape index (κ2) is 7.88. The van der Waals surface area contributed by atoms with Crippen LogP contribution in [0.4, 0.5) is 11.4 Å². The number of hydrogen-bond acceptors (Lipinski definition) is 4. The number of carbonyl (C=O) groups is 1. The minimum atomic E-state index is -3.50. The number of amides is 1. The van der Waals surface area contributed by atoms with Gasteiger partial charge in [0, 0.05) is 30.0 Å². The summed E-state index contributed by atoms with van der Waals surface area (Å²) < 4.78 is 25.7. The number of carbonyl (C=O) groups excluding carboxylic acids is 1. The van der Waals surface area contributed by atoms with Crippen LogP contribution in [0.5, 0.6) is 0 Å². The molecule has 1 fully saturated rings. The summed E-state index contributed by atoms with van der Waals surface area (Å²) in [5.41, 5.74) is 2.28. The third-order valence-electron chi connectivity index (χ3n) is 4.54. The van der Waals surface area contributed by atoms with Crippen LogP contribution in [0.15, 0.2) is 53.4 Å². The van der Waals surface area contributed by atoms with Gasteiger partial charge < -0.3 is 10.2 Å². The van der Waals surface area contributed by atoms with Gasteiger partial charge in [-0.25, -0.2) is 13.1 Å². The first-order valence-electron chi connectivity index (χ1n) is 8.69. The first kappa shape index (κ1) is 18.4. The molecule has 1 aliphatic heterocycles. The largest absolute Gasteiger partial charge is 0.372 e. The van der Waals surface area contributed by atoms with Gasteiger partial charge in [0.05, 0.1) is 4.90 Å². The quantitative estimate of drug-likeness (QED) is 0.845. The number of nitrogens with zero attached hydrogens (tertiary/aromatic N) is 1. The predicted octanol–water partition coefficient (Wildman–Crippen LogP) is 2.84. The third kappa shape index (κ3) is 4.23. The summed E-state index contributed by atoms with van der Waals surface area (Å²) in [6.07, 6.45) is 3.73. The van der Waals surface area contributed by atoms with E-state index in [1.54, 1.807) is 0 Å². The molecule has 1 heterocycles. The van der Waals surface area contributed by atoms with Gasteiger partial charge in [-0.05, 0) is 74.8 Å². The molecule has 26 heavy (non-hydrogen) atoms. The van der Waals surface area contributed by atoms with E-state index in [1.807, 2.05) is 24.3 Å². The molecule has 0 atom stereocenters. The van der Waals surface area contributed by atoms with Gasteiger partial charge in [0.1, 0.15) is 0 Å². The lowest BCUT2D eigenvalue weighted by molar-refractivity contribution is 0.102. The van der Waals surface area contributed by atoms with E-state index < -0.39 is 10.0 Å². The highest BCUT2D eigenvalue weighted by atomic mass is 32.2. The second-order valence-corrected chi connectivity index (χ2v) is 8.17. The lowest BCUT2D eigenvalue weighted by Crippen LogP contribution is -2.29. The molecular weight excluding hydrogens is 350 g/mol. The molecule has 0 unspecified atom stereocenters. The molecule has 1 saturated heterocycles. The Kier molecular flexibility index (Phi) is 5.58. The Labute approximate surface area is 154 Å². The number of sulfonamides is 1. The van der Waals surface area contributed by atoms with Gasteiger partial charge in [-0.3, -0.25) is 4.79 Å². The van der Waals surface area contributed by atoms with Crippen molar-refractivity contribution >= 4 is 27.3 Å². The van der Waals surface area contributed by atoms with E-state index >= 15 is 0 Å². The molecule has 138 valence electrons. The van der Waals surface area contributed by atoms with Crippen LogP contribution in [0.3, 0.4) is 0 Å². The Morgan fingerprint density at radius 1 is 0.923 bits per heavy atom. The first-order chi connectivity index (χ1) is 12.5. The monoisotopic (exact) mass is 373 g/mol. The van der Waals surface area contributed by atoms with Gasteiger partial charge in [-0.2, -0.15) is 0 Å². The van der Waals surface area contributed by atoms with Crippen molar-refractivity contribution in [1.29, 1.82) is 0 Å². The second-order valence-electron chi connectivity index (χ2n) is 6.28. The van der Waals surface area contributed by atoms with Gasteiger partial charge >= 0.3 is 0 Å². The van der Waals surface area contributed by atoms with Crippen LogP contribution in [0.1, 0.15) is 29.6 Å². The summed E-state index contributed by atoms with van der Waals surface area (Å²) in [7, 11) is -2.15. The zero-order chi connectivity index (χ0) is 18.6. The summed E-state index contributed by atoms with van der Waals surface area (Å²) >= 11 is 0. The van der Waals surface area contributed by atoms with Crippen LogP contribution in [-0.2, 0) is 10.0 Å². The van der Waals surface area contributed by atoms with Crippen LogP contribution in [-0.4, -0.2) is 34.5 Å². The van der Waals surface area contributed by atoms with E-state index in [0.717, 1.165) is 13.1 Å². The minimum absolute atomic E-state index is 0.127. The van der Waals surface area contributed by atoms with Gasteiger partial charge in [0.2, 0.25) is 10.0 Å². The number of anilines is 2. The van der Waals surface area contributed by atoms with Gasteiger partial charge in [-0.15, -0.1) is 0 Å². The molecule has 0 aromatic heterocycles. The van der Waals surface area contributed by atoms with Gasteiger partial charge in [-0.1, -0.05) is 0 Å². The van der Waals surface area contributed by atoms with E-state index in [2.05, 4.69) is 14.9 Å². The molecule has 0 bridgehead atoms. The fourth-order valence-corrected chi connectivity index (χ4v) is 3.74.